The van der Waals surface area contributed by atoms with Crippen LogP contribution in [0.2, 0.25) is 0 Å². The fraction of sp³-hybridized carbons (Fsp3) is 0.900. The summed E-state index contributed by atoms with van der Waals surface area (Å²) in [5.74, 6) is 0.780. The Kier molecular flexibility index (Phi) is 4.22. The van der Waals surface area contributed by atoms with Crippen molar-refractivity contribution in [2.45, 2.75) is 26.7 Å². The van der Waals surface area contributed by atoms with E-state index < -0.39 is 0 Å². The van der Waals surface area contributed by atoms with E-state index in [1.165, 1.54) is 25.3 Å². The molecule has 1 heterocycles. The summed E-state index contributed by atoms with van der Waals surface area (Å²) in [6.45, 7) is 8.14. The Morgan fingerprint density at radius 1 is 1.38 bits per heavy atom. The van der Waals surface area contributed by atoms with Gasteiger partial charge in [0.2, 0.25) is 0 Å². The second kappa shape index (κ2) is 5.22. The van der Waals surface area contributed by atoms with E-state index in [0.29, 0.717) is 0 Å². The van der Waals surface area contributed by atoms with Crippen molar-refractivity contribution in [1.29, 1.82) is 0 Å². The molecule has 0 unspecified atom stereocenters. The lowest BCUT2D eigenvalue weighted by atomic mass is 10.1. The van der Waals surface area contributed by atoms with Gasteiger partial charge in [-0.2, -0.15) is 5.10 Å². The molecule has 0 aliphatic carbocycles. The van der Waals surface area contributed by atoms with Gasteiger partial charge in [-0.05, 0) is 5.92 Å². The zero-order valence-corrected chi connectivity index (χ0v) is 9.01. The maximum atomic E-state index is 4.24. The number of nitrogens with zero attached hydrogens (tertiary/aromatic N) is 2. The van der Waals surface area contributed by atoms with E-state index in [4.69, 9.17) is 0 Å². The third-order valence-electron chi connectivity index (χ3n) is 2.33. The molecular formula is C10H21N3. The molecule has 0 aromatic heterocycles. The number of nitrogens with one attached hydrogen (secondary N) is 1. The molecule has 0 aromatic carbocycles. The van der Waals surface area contributed by atoms with Crippen molar-refractivity contribution < 1.29 is 0 Å². The molecule has 1 fully saturated rings. The van der Waals surface area contributed by atoms with Crippen molar-refractivity contribution in [2.24, 2.45) is 11.0 Å². The van der Waals surface area contributed by atoms with Crippen molar-refractivity contribution in [3.63, 3.8) is 0 Å². The molecule has 1 saturated heterocycles. The Balaban J connectivity index is 2.26. The fourth-order valence-electron chi connectivity index (χ4n) is 1.78. The Morgan fingerprint density at radius 3 is 2.46 bits per heavy atom. The summed E-state index contributed by atoms with van der Waals surface area (Å²) >= 11 is 0. The third-order valence-corrected chi connectivity index (χ3v) is 2.33. The first-order chi connectivity index (χ1) is 6.22. The summed E-state index contributed by atoms with van der Waals surface area (Å²) in [5.41, 5.74) is 4.18. The van der Waals surface area contributed by atoms with Crippen molar-refractivity contribution in [2.75, 3.05) is 26.7 Å². The van der Waals surface area contributed by atoms with Crippen LogP contribution in [0.15, 0.2) is 5.10 Å². The number of rotatable bonds is 3. The largest absolute Gasteiger partial charge is 0.313 e. The van der Waals surface area contributed by atoms with Crippen LogP contribution in [0, 0.1) is 5.92 Å². The highest BCUT2D eigenvalue weighted by Gasteiger charge is 2.15. The van der Waals surface area contributed by atoms with Crippen LogP contribution in [0.5, 0.6) is 0 Å². The standard InChI is InChI=1S/C10H21N3/c1-9(2)8-13-6-4-10(5-7-13)12-11-3/h9,11H,4-8H2,1-3H3. The molecule has 1 aliphatic rings. The zero-order chi connectivity index (χ0) is 9.68. The van der Waals surface area contributed by atoms with Gasteiger partial charge in [-0.3, -0.25) is 0 Å². The molecule has 3 nitrogen and oxygen atoms in total. The number of hydrogen-bond acceptors (Lipinski definition) is 3. The van der Waals surface area contributed by atoms with Crippen LogP contribution in [0.3, 0.4) is 0 Å². The molecule has 1 rings (SSSR count). The van der Waals surface area contributed by atoms with Gasteiger partial charge in [-0.15, -0.1) is 0 Å². The second-order valence-corrected chi connectivity index (χ2v) is 4.10. The van der Waals surface area contributed by atoms with Gasteiger partial charge in [0.15, 0.2) is 0 Å². The normalized spacial score (nSPS) is 19.2. The molecule has 0 spiro atoms. The maximum absolute atomic E-state index is 4.24. The second-order valence-electron chi connectivity index (χ2n) is 4.10. The lowest BCUT2D eigenvalue weighted by molar-refractivity contribution is 0.244. The summed E-state index contributed by atoms with van der Waals surface area (Å²) in [7, 11) is 1.87. The molecule has 0 amide bonds. The fourth-order valence-corrected chi connectivity index (χ4v) is 1.78. The first-order valence-corrected chi connectivity index (χ1v) is 5.17. The summed E-state index contributed by atoms with van der Waals surface area (Å²) in [6, 6.07) is 0. The molecule has 0 saturated carbocycles. The van der Waals surface area contributed by atoms with Crippen LogP contribution in [-0.2, 0) is 0 Å². The van der Waals surface area contributed by atoms with Crippen LogP contribution in [0.1, 0.15) is 26.7 Å². The molecule has 76 valence electrons. The molecule has 1 aliphatic heterocycles. The van der Waals surface area contributed by atoms with Crippen LogP contribution >= 0.6 is 0 Å². The summed E-state index contributed by atoms with van der Waals surface area (Å²) in [5, 5.41) is 4.24. The van der Waals surface area contributed by atoms with E-state index in [2.05, 4.69) is 29.3 Å². The molecule has 0 bridgehead atoms. The van der Waals surface area contributed by atoms with Crippen molar-refractivity contribution in [3.05, 3.63) is 0 Å². The van der Waals surface area contributed by atoms with Crippen molar-refractivity contribution >= 4 is 5.71 Å². The lowest BCUT2D eigenvalue weighted by Crippen LogP contribution is -2.36. The van der Waals surface area contributed by atoms with Crippen molar-refractivity contribution in [3.8, 4) is 0 Å². The number of hydrogen-bond donors (Lipinski definition) is 1. The first-order valence-electron chi connectivity index (χ1n) is 5.17. The smallest absolute Gasteiger partial charge is 0.0403 e. The highest BCUT2D eigenvalue weighted by Crippen LogP contribution is 2.09. The monoisotopic (exact) mass is 183 g/mol. The predicted octanol–water partition coefficient (Wildman–Crippen LogP) is 1.31. The average Bonchev–Trinajstić information content (AvgIpc) is 2.08. The first kappa shape index (κ1) is 10.5. The van der Waals surface area contributed by atoms with Crippen LogP contribution < -0.4 is 5.43 Å². The van der Waals surface area contributed by atoms with Crippen LogP contribution in [0.4, 0.5) is 0 Å². The van der Waals surface area contributed by atoms with E-state index in [1.807, 2.05) is 7.05 Å². The van der Waals surface area contributed by atoms with Gasteiger partial charge in [0.25, 0.3) is 0 Å². The van der Waals surface area contributed by atoms with Crippen LogP contribution in [0.25, 0.3) is 0 Å². The lowest BCUT2D eigenvalue weighted by Gasteiger charge is -2.28. The number of likely N-dealkylation sites (tertiary alicyclic amines) is 1. The Bertz CT molecular complexity index is 165. The van der Waals surface area contributed by atoms with E-state index >= 15 is 0 Å². The molecule has 0 atom stereocenters. The Hall–Kier alpha value is -0.570. The molecule has 0 radical (unpaired) electrons. The van der Waals surface area contributed by atoms with Crippen molar-refractivity contribution in [1.82, 2.24) is 10.3 Å². The molecule has 1 N–H and O–H groups in total. The van der Waals surface area contributed by atoms with Gasteiger partial charge >= 0.3 is 0 Å². The SMILES string of the molecule is CNN=C1CCN(CC(C)C)CC1. The zero-order valence-electron chi connectivity index (χ0n) is 9.01. The topological polar surface area (TPSA) is 27.6 Å². The average molecular weight is 183 g/mol. The van der Waals surface area contributed by atoms with Gasteiger partial charge < -0.3 is 10.3 Å². The maximum Gasteiger partial charge on any atom is 0.0403 e. The molecule has 13 heavy (non-hydrogen) atoms. The minimum Gasteiger partial charge on any atom is -0.313 e. The van der Waals surface area contributed by atoms with E-state index in [0.717, 1.165) is 18.8 Å². The van der Waals surface area contributed by atoms with E-state index in [9.17, 15) is 0 Å². The van der Waals surface area contributed by atoms with Gasteiger partial charge in [0, 0.05) is 45.2 Å². The van der Waals surface area contributed by atoms with Gasteiger partial charge in [-0.1, -0.05) is 13.8 Å². The number of hydrazone groups is 1. The summed E-state index contributed by atoms with van der Waals surface area (Å²) in [6.07, 6.45) is 2.26. The minimum atomic E-state index is 0.780. The van der Waals surface area contributed by atoms with E-state index in [-0.39, 0.29) is 0 Å². The minimum absolute atomic E-state index is 0.780. The quantitative estimate of drug-likeness (QED) is 0.668. The summed E-state index contributed by atoms with van der Waals surface area (Å²) in [4.78, 5) is 2.53. The molecular weight excluding hydrogens is 162 g/mol. The summed E-state index contributed by atoms with van der Waals surface area (Å²) < 4.78 is 0. The molecule has 3 heteroatoms. The molecule has 0 aromatic rings. The van der Waals surface area contributed by atoms with Gasteiger partial charge in [0.1, 0.15) is 0 Å². The van der Waals surface area contributed by atoms with Gasteiger partial charge in [-0.25, -0.2) is 0 Å². The predicted molar refractivity (Wildman–Crippen MR) is 57.0 cm³/mol. The Morgan fingerprint density at radius 2 is 2.00 bits per heavy atom. The van der Waals surface area contributed by atoms with E-state index in [1.54, 1.807) is 0 Å². The highest BCUT2D eigenvalue weighted by molar-refractivity contribution is 5.85. The van der Waals surface area contributed by atoms with Gasteiger partial charge in [0.05, 0.1) is 0 Å². The highest BCUT2D eigenvalue weighted by atomic mass is 15.3. The third kappa shape index (κ3) is 3.77. The Labute approximate surface area is 81.2 Å². The number of piperidine rings is 1. The van der Waals surface area contributed by atoms with Crippen LogP contribution in [-0.4, -0.2) is 37.3 Å².